The molecule has 0 radical (unpaired) electrons. The quantitative estimate of drug-likeness (QED) is 0.771. The summed E-state index contributed by atoms with van der Waals surface area (Å²) in [5.74, 6) is -1.34. The lowest BCUT2D eigenvalue weighted by Gasteiger charge is -2.26. The Morgan fingerprint density at radius 1 is 1.43 bits per heavy atom. The SMILES string of the molecule is C/C=C/CC(NC(=O)C(C)(C)c1cccc(Br)c1)C(=O)O. The second-order valence-corrected chi connectivity index (χ2v) is 6.22. The first-order valence-corrected chi connectivity index (χ1v) is 7.49. The zero-order chi connectivity index (χ0) is 16.0. The van der Waals surface area contributed by atoms with E-state index in [4.69, 9.17) is 0 Å². The smallest absolute Gasteiger partial charge is 0.326 e. The van der Waals surface area contributed by atoms with Crippen LogP contribution in [0.2, 0.25) is 0 Å². The third-order valence-corrected chi connectivity index (χ3v) is 3.82. The number of benzene rings is 1. The normalized spacial score (nSPS) is 13.1. The molecule has 0 heterocycles. The predicted octanol–water partition coefficient (Wildman–Crippen LogP) is 3.26. The lowest BCUT2D eigenvalue weighted by Crippen LogP contribution is -2.48. The zero-order valence-corrected chi connectivity index (χ0v) is 14.0. The molecule has 0 aliphatic rings. The molecule has 4 nitrogen and oxygen atoms in total. The largest absolute Gasteiger partial charge is 0.480 e. The van der Waals surface area contributed by atoms with Crippen molar-refractivity contribution in [1.29, 1.82) is 0 Å². The van der Waals surface area contributed by atoms with Crippen molar-refractivity contribution in [1.82, 2.24) is 5.32 Å². The molecule has 1 unspecified atom stereocenters. The minimum atomic E-state index is -1.04. The van der Waals surface area contributed by atoms with Gasteiger partial charge in [-0.2, -0.15) is 0 Å². The Kier molecular flexibility index (Phi) is 6.15. The molecule has 1 rings (SSSR count). The van der Waals surface area contributed by atoms with Gasteiger partial charge >= 0.3 is 5.97 Å². The number of nitrogens with one attached hydrogen (secondary N) is 1. The minimum absolute atomic E-state index is 0.270. The number of hydrogen-bond donors (Lipinski definition) is 2. The van der Waals surface area contributed by atoms with Gasteiger partial charge in [0.05, 0.1) is 5.41 Å². The van der Waals surface area contributed by atoms with Crippen LogP contribution in [0.3, 0.4) is 0 Å². The lowest BCUT2D eigenvalue weighted by atomic mass is 9.83. The monoisotopic (exact) mass is 353 g/mol. The van der Waals surface area contributed by atoms with E-state index in [9.17, 15) is 14.7 Å². The van der Waals surface area contributed by atoms with Crippen molar-refractivity contribution in [3.8, 4) is 0 Å². The number of carbonyl (C=O) groups excluding carboxylic acids is 1. The Balaban J connectivity index is 2.92. The number of hydrogen-bond acceptors (Lipinski definition) is 2. The average molecular weight is 354 g/mol. The maximum Gasteiger partial charge on any atom is 0.326 e. The Morgan fingerprint density at radius 3 is 2.62 bits per heavy atom. The van der Waals surface area contributed by atoms with Gasteiger partial charge < -0.3 is 10.4 Å². The Bertz CT molecular complexity index is 552. The van der Waals surface area contributed by atoms with Gasteiger partial charge in [0.15, 0.2) is 0 Å². The van der Waals surface area contributed by atoms with Gasteiger partial charge in [-0.1, -0.05) is 40.2 Å². The first-order valence-electron chi connectivity index (χ1n) is 6.70. The number of carboxylic acid groups (broad SMARTS) is 1. The third-order valence-electron chi connectivity index (χ3n) is 3.32. The van der Waals surface area contributed by atoms with Crippen molar-refractivity contribution < 1.29 is 14.7 Å². The fourth-order valence-electron chi connectivity index (χ4n) is 1.84. The molecule has 0 spiro atoms. The topological polar surface area (TPSA) is 66.4 Å². The van der Waals surface area contributed by atoms with Gasteiger partial charge in [-0.3, -0.25) is 4.79 Å². The molecule has 1 amide bonds. The van der Waals surface area contributed by atoms with Crippen molar-refractivity contribution in [2.24, 2.45) is 0 Å². The molecule has 2 N–H and O–H groups in total. The van der Waals surface area contributed by atoms with Crippen molar-refractivity contribution in [2.75, 3.05) is 0 Å². The molecular weight excluding hydrogens is 334 g/mol. The average Bonchev–Trinajstić information content (AvgIpc) is 2.42. The van der Waals surface area contributed by atoms with Crippen LogP contribution < -0.4 is 5.32 Å². The number of allylic oxidation sites excluding steroid dienone is 1. The molecule has 5 heteroatoms. The molecule has 0 aliphatic carbocycles. The van der Waals surface area contributed by atoms with Gasteiger partial charge in [0, 0.05) is 4.47 Å². The fraction of sp³-hybridized carbons (Fsp3) is 0.375. The number of carboxylic acids is 1. The van der Waals surface area contributed by atoms with E-state index < -0.39 is 17.4 Å². The predicted molar refractivity (Wildman–Crippen MR) is 86.2 cm³/mol. The zero-order valence-electron chi connectivity index (χ0n) is 12.4. The first-order chi connectivity index (χ1) is 9.78. The molecule has 0 saturated carbocycles. The van der Waals surface area contributed by atoms with Crippen LogP contribution in [-0.4, -0.2) is 23.0 Å². The van der Waals surface area contributed by atoms with Gasteiger partial charge in [0.1, 0.15) is 6.04 Å². The molecular formula is C16H20BrNO3. The molecule has 0 aliphatic heterocycles. The standard InChI is InChI=1S/C16H20BrNO3/c1-4-5-9-13(14(19)20)18-15(21)16(2,3)11-7-6-8-12(17)10-11/h4-8,10,13H,9H2,1-3H3,(H,18,21)(H,19,20)/b5-4+. The van der Waals surface area contributed by atoms with Crippen LogP contribution >= 0.6 is 15.9 Å². The van der Waals surface area contributed by atoms with Crippen LogP contribution in [-0.2, 0) is 15.0 Å². The Morgan fingerprint density at radius 2 is 2.10 bits per heavy atom. The summed E-state index contributed by atoms with van der Waals surface area (Å²) in [6.07, 6.45) is 3.76. The van der Waals surface area contributed by atoms with E-state index in [0.29, 0.717) is 0 Å². The van der Waals surface area contributed by atoms with E-state index in [1.165, 1.54) is 0 Å². The molecule has 0 aromatic heterocycles. The van der Waals surface area contributed by atoms with E-state index in [-0.39, 0.29) is 12.3 Å². The van der Waals surface area contributed by atoms with Crippen LogP contribution in [0.15, 0.2) is 40.9 Å². The van der Waals surface area contributed by atoms with Crippen molar-refractivity contribution in [2.45, 2.75) is 38.6 Å². The minimum Gasteiger partial charge on any atom is -0.480 e. The Labute approximate surface area is 133 Å². The van der Waals surface area contributed by atoms with E-state index in [0.717, 1.165) is 10.0 Å². The lowest BCUT2D eigenvalue weighted by molar-refractivity contribution is -0.142. The highest BCUT2D eigenvalue weighted by atomic mass is 79.9. The summed E-state index contributed by atoms with van der Waals surface area (Å²) in [6.45, 7) is 5.36. The number of carbonyl (C=O) groups is 2. The summed E-state index contributed by atoms with van der Waals surface area (Å²) in [6, 6.07) is 6.53. The second-order valence-electron chi connectivity index (χ2n) is 5.30. The summed E-state index contributed by atoms with van der Waals surface area (Å²) in [7, 11) is 0. The number of aliphatic carboxylic acids is 1. The maximum absolute atomic E-state index is 12.4. The van der Waals surface area contributed by atoms with Gasteiger partial charge in [0.2, 0.25) is 5.91 Å². The van der Waals surface area contributed by atoms with Crippen LogP contribution in [0.1, 0.15) is 32.8 Å². The molecule has 1 aromatic carbocycles. The van der Waals surface area contributed by atoms with Crippen LogP contribution in [0, 0.1) is 0 Å². The molecule has 1 aromatic rings. The number of halogens is 1. The first kappa shape index (κ1) is 17.4. The molecule has 114 valence electrons. The highest BCUT2D eigenvalue weighted by molar-refractivity contribution is 9.10. The summed E-state index contributed by atoms with van der Waals surface area (Å²) in [4.78, 5) is 23.6. The van der Waals surface area contributed by atoms with Crippen LogP contribution in [0.5, 0.6) is 0 Å². The third kappa shape index (κ3) is 4.70. The molecule has 21 heavy (non-hydrogen) atoms. The second kappa shape index (κ2) is 7.41. The van der Waals surface area contributed by atoms with Crippen molar-refractivity contribution >= 4 is 27.8 Å². The number of rotatable bonds is 6. The van der Waals surface area contributed by atoms with Gasteiger partial charge in [-0.25, -0.2) is 4.79 Å². The van der Waals surface area contributed by atoms with Gasteiger partial charge in [-0.15, -0.1) is 0 Å². The summed E-state index contributed by atoms with van der Waals surface area (Å²) >= 11 is 3.38. The van der Waals surface area contributed by atoms with E-state index in [1.807, 2.05) is 31.2 Å². The van der Waals surface area contributed by atoms with E-state index in [2.05, 4.69) is 21.2 Å². The van der Waals surface area contributed by atoms with Crippen molar-refractivity contribution in [3.05, 3.63) is 46.5 Å². The van der Waals surface area contributed by atoms with Gasteiger partial charge in [-0.05, 0) is 44.9 Å². The van der Waals surface area contributed by atoms with Gasteiger partial charge in [0.25, 0.3) is 0 Å². The highest BCUT2D eigenvalue weighted by Crippen LogP contribution is 2.26. The van der Waals surface area contributed by atoms with Crippen LogP contribution in [0.4, 0.5) is 0 Å². The summed E-state index contributed by atoms with van der Waals surface area (Å²) in [5.41, 5.74) is 0.0116. The summed E-state index contributed by atoms with van der Waals surface area (Å²) in [5, 5.41) is 11.8. The Hall–Kier alpha value is -1.62. The molecule has 0 saturated heterocycles. The molecule has 0 bridgehead atoms. The van der Waals surface area contributed by atoms with Crippen molar-refractivity contribution in [3.63, 3.8) is 0 Å². The molecule has 1 atom stereocenters. The fourth-order valence-corrected chi connectivity index (χ4v) is 2.24. The van der Waals surface area contributed by atoms with Crippen LogP contribution in [0.25, 0.3) is 0 Å². The van der Waals surface area contributed by atoms with E-state index >= 15 is 0 Å². The number of amides is 1. The molecule has 0 fully saturated rings. The summed E-state index contributed by atoms with van der Waals surface area (Å²) < 4.78 is 0.879. The van der Waals surface area contributed by atoms with E-state index in [1.54, 1.807) is 26.0 Å². The highest BCUT2D eigenvalue weighted by Gasteiger charge is 2.32. The maximum atomic E-state index is 12.4.